The lowest BCUT2D eigenvalue weighted by Crippen LogP contribution is -2.21. The lowest BCUT2D eigenvalue weighted by molar-refractivity contribution is -0.142. The highest BCUT2D eigenvalue weighted by molar-refractivity contribution is 7.16. The minimum Gasteiger partial charge on any atom is -0.462 e. The van der Waals surface area contributed by atoms with Gasteiger partial charge in [-0.05, 0) is 33.3 Å². The molecule has 6 nitrogen and oxygen atoms in total. The Bertz CT molecular complexity index is 673. The maximum absolute atomic E-state index is 12.0. The van der Waals surface area contributed by atoms with Gasteiger partial charge in [0.1, 0.15) is 5.00 Å². The van der Waals surface area contributed by atoms with Crippen LogP contribution in [0.3, 0.4) is 0 Å². The zero-order valence-electron chi connectivity index (χ0n) is 14.2. The minimum atomic E-state index is -0.618. The first-order valence-corrected chi connectivity index (χ1v) is 8.25. The molecule has 1 amide bonds. The Morgan fingerprint density at radius 2 is 1.88 bits per heavy atom. The number of ether oxygens (including phenoxy) is 2. The highest BCUT2D eigenvalue weighted by Gasteiger charge is 2.22. The van der Waals surface area contributed by atoms with Gasteiger partial charge in [0.2, 0.25) is 0 Å². The van der Waals surface area contributed by atoms with Crippen molar-refractivity contribution >= 4 is 34.2 Å². The standard InChI is InChI=1S/C17H21NO5S/c1-5-7-8-9-14(20)23-10-13(19)18-16-15(17(21)22-6-2)11(3)12(4)24-16/h5,7-9H,6,10H2,1-4H3,(H,18,19). The summed E-state index contributed by atoms with van der Waals surface area (Å²) in [5, 5.41) is 2.99. The molecule has 1 rings (SSSR count). The molecule has 130 valence electrons. The molecule has 1 aromatic rings. The van der Waals surface area contributed by atoms with E-state index in [0.29, 0.717) is 10.6 Å². The second-order valence-corrected chi connectivity index (χ2v) is 5.97. The van der Waals surface area contributed by atoms with Crippen LogP contribution in [-0.4, -0.2) is 31.1 Å². The van der Waals surface area contributed by atoms with Crippen LogP contribution in [0.5, 0.6) is 0 Å². The Balaban J connectivity index is 2.72. The summed E-state index contributed by atoms with van der Waals surface area (Å²) in [6, 6.07) is 0. The van der Waals surface area contributed by atoms with Crippen LogP contribution < -0.4 is 5.32 Å². The van der Waals surface area contributed by atoms with E-state index in [4.69, 9.17) is 9.47 Å². The molecule has 1 aromatic heterocycles. The molecule has 0 saturated carbocycles. The first kappa shape index (κ1) is 19.6. The lowest BCUT2D eigenvalue weighted by Gasteiger charge is -2.07. The summed E-state index contributed by atoms with van der Waals surface area (Å²) >= 11 is 1.28. The fourth-order valence-electron chi connectivity index (χ4n) is 1.76. The predicted molar refractivity (Wildman–Crippen MR) is 93.3 cm³/mol. The molecule has 0 fully saturated rings. The summed E-state index contributed by atoms with van der Waals surface area (Å²) in [6.45, 7) is 6.99. The topological polar surface area (TPSA) is 81.7 Å². The van der Waals surface area contributed by atoms with E-state index in [9.17, 15) is 14.4 Å². The van der Waals surface area contributed by atoms with E-state index >= 15 is 0 Å². The lowest BCUT2D eigenvalue weighted by atomic mass is 10.1. The fourth-order valence-corrected chi connectivity index (χ4v) is 2.82. The van der Waals surface area contributed by atoms with E-state index in [-0.39, 0.29) is 6.61 Å². The third-order valence-electron chi connectivity index (χ3n) is 3.00. The maximum atomic E-state index is 12.0. The fraction of sp³-hybridized carbons (Fsp3) is 0.353. The van der Waals surface area contributed by atoms with E-state index in [1.807, 2.05) is 13.8 Å². The normalized spacial score (nSPS) is 11.0. The highest BCUT2D eigenvalue weighted by Crippen LogP contribution is 2.32. The van der Waals surface area contributed by atoms with Gasteiger partial charge >= 0.3 is 11.9 Å². The number of hydrogen-bond acceptors (Lipinski definition) is 6. The van der Waals surface area contributed by atoms with Gasteiger partial charge in [-0.1, -0.05) is 18.2 Å². The number of anilines is 1. The number of thiophene rings is 1. The Kier molecular flexibility index (Phi) is 7.91. The molecule has 0 aliphatic rings. The molecule has 0 bridgehead atoms. The maximum Gasteiger partial charge on any atom is 0.341 e. The summed E-state index contributed by atoms with van der Waals surface area (Å²) in [5.41, 5.74) is 1.10. The van der Waals surface area contributed by atoms with Crippen molar-refractivity contribution in [3.05, 3.63) is 40.3 Å². The quantitative estimate of drug-likeness (QED) is 0.464. The molecular weight excluding hydrogens is 330 g/mol. The molecule has 0 unspecified atom stereocenters. The Morgan fingerprint density at radius 3 is 2.50 bits per heavy atom. The monoisotopic (exact) mass is 351 g/mol. The Morgan fingerprint density at radius 1 is 1.17 bits per heavy atom. The summed E-state index contributed by atoms with van der Waals surface area (Å²) in [5.74, 6) is -1.62. The van der Waals surface area contributed by atoms with Gasteiger partial charge in [0.05, 0.1) is 12.2 Å². The van der Waals surface area contributed by atoms with E-state index in [1.54, 1.807) is 26.0 Å². The molecule has 0 aliphatic heterocycles. The van der Waals surface area contributed by atoms with E-state index in [0.717, 1.165) is 10.4 Å². The number of hydrogen-bond donors (Lipinski definition) is 1. The number of carbonyl (C=O) groups is 3. The molecule has 7 heteroatoms. The molecule has 0 aromatic carbocycles. The predicted octanol–water partition coefficient (Wildman–Crippen LogP) is 3.16. The van der Waals surface area contributed by atoms with Crippen molar-refractivity contribution in [1.82, 2.24) is 0 Å². The van der Waals surface area contributed by atoms with E-state index in [1.165, 1.54) is 23.5 Å². The largest absolute Gasteiger partial charge is 0.462 e. The van der Waals surface area contributed by atoms with Gasteiger partial charge in [0.15, 0.2) is 6.61 Å². The third kappa shape index (κ3) is 5.66. The van der Waals surface area contributed by atoms with Crippen molar-refractivity contribution in [2.75, 3.05) is 18.5 Å². The van der Waals surface area contributed by atoms with Crippen LogP contribution in [0.2, 0.25) is 0 Å². The van der Waals surface area contributed by atoms with Gasteiger partial charge in [0.25, 0.3) is 5.91 Å². The number of rotatable bonds is 7. The number of nitrogens with one attached hydrogen (secondary N) is 1. The van der Waals surface area contributed by atoms with Crippen molar-refractivity contribution in [2.24, 2.45) is 0 Å². The first-order valence-electron chi connectivity index (χ1n) is 7.43. The van der Waals surface area contributed by atoms with E-state index in [2.05, 4.69) is 5.32 Å². The number of carbonyl (C=O) groups excluding carboxylic acids is 3. The number of allylic oxidation sites excluding steroid dienone is 3. The number of amides is 1. The van der Waals surface area contributed by atoms with Crippen LogP contribution in [0, 0.1) is 13.8 Å². The Labute approximate surface area is 145 Å². The second kappa shape index (κ2) is 9.67. The van der Waals surface area contributed by atoms with Gasteiger partial charge in [-0.3, -0.25) is 4.79 Å². The molecule has 0 saturated heterocycles. The van der Waals surface area contributed by atoms with Crippen LogP contribution in [-0.2, 0) is 19.1 Å². The highest BCUT2D eigenvalue weighted by atomic mass is 32.1. The van der Waals surface area contributed by atoms with Crippen LogP contribution in [0.25, 0.3) is 0 Å². The van der Waals surface area contributed by atoms with E-state index < -0.39 is 24.5 Å². The van der Waals surface area contributed by atoms with Crippen molar-refractivity contribution in [1.29, 1.82) is 0 Å². The Hall–Kier alpha value is -2.41. The first-order chi connectivity index (χ1) is 11.4. The average Bonchev–Trinajstić information content (AvgIpc) is 2.80. The van der Waals surface area contributed by atoms with Gasteiger partial charge in [-0.2, -0.15) is 0 Å². The van der Waals surface area contributed by atoms with Crippen molar-refractivity contribution < 1.29 is 23.9 Å². The van der Waals surface area contributed by atoms with Crippen molar-refractivity contribution in [2.45, 2.75) is 27.7 Å². The van der Waals surface area contributed by atoms with Crippen LogP contribution >= 0.6 is 11.3 Å². The average molecular weight is 351 g/mol. The van der Waals surface area contributed by atoms with Crippen molar-refractivity contribution in [3.8, 4) is 0 Å². The van der Waals surface area contributed by atoms with Crippen LogP contribution in [0.1, 0.15) is 34.6 Å². The zero-order chi connectivity index (χ0) is 18.1. The minimum absolute atomic E-state index is 0.247. The molecule has 1 N–H and O–H groups in total. The van der Waals surface area contributed by atoms with Gasteiger partial charge in [0, 0.05) is 11.0 Å². The second-order valence-electron chi connectivity index (χ2n) is 4.75. The summed E-state index contributed by atoms with van der Waals surface area (Å²) in [7, 11) is 0. The molecule has 0 aliphatic carbocycles. The number of esters is 2. The molecule has 0 radical (unpaired) electrons. The smallest absolute Gasteiger partial charge is 0.341 e. The summed E-state index contributed by atoms with van der Waals surface area (Å²) in [6.07, 6.45) is 6.17. The van der Waals surface area contributed by atoms with Crippen LogP contribution in [0.15, 0.2) is 24.3 Å². The molecule has 1 heterocycles. The number of aryl methyl sites for hydroxylation is 1. The zero-order valence-corrected chi connectivity index (χ0v) is 15.0. The molecule has 0 atom stereocenters. The van der Waals surface area contributed by atoms with Gasteiger partial charge < -0.3 is 14.8 Å². The molecular formula is C17H21NO5S. The summed E-state index contributed by atoms with van der Waals surface area (Å²) in [4.78, 5) is 36.3. The van der Waals surface area contributed by atoms with Crippen molar-refractivity contribution in [3.63, 3.8) is 0 Å². The summed E-state index contributed by atoms with van der Waals surface area (Å²) < 4.78 is 9.84. The molecule has 0 spiro atoms. The SMILES string of the molecule is CC=CC=CC(=O)OCC(=O)Nc1sc(C)c(C)c1C(=O)OCC. The molecule has 24 heavy (non-hydrogen) atoms. The van der Waals surface area contributed by atoms with Gasteiger partial charge in [-0.25, -0.2) is 9.59 Å². The third-order valence-corrected chi connectivity index (χ3v) is 4.12. The van der Waals surface area contributed by atoms with Crippen LogP contribution in [0.4, 0.5) is 5.00 Å². The van der Waals surface area contributed by atoms with Gasteiger partial charge in [-0.15, -0.1) is 11.3 Å².